The van der Waals surface area contributed by atoms with Crippen LogP contribution in [0.5, 0.6) is 0 Å². The van der Waals surface area contributed by atoms with Crippen molar-refractivity contribution >= 4 is 70.9 Å². The molecule has 0 aromatic heterocycles. The predicted molar refractivity (Wildman–Crippen MR) is 245 cm³/mol. The standard InChI is InChI=1S/C56H37N/c1-6-18-49-40(12-1)15-11-23-56(49)57(46-34-30-42(31-35-46)55-37-44-14-3-5-17-48(44)51-20-8-10-22-53(51)55)45-32-28-39(29-33-45)38-24-26-41(27-25-38)54-36-43-13-2-4-16-47(43)50-19-7-9-21-52(50)54/h1-37H. The van der Waals surface area contributed by atoms with Crippen LogP contribution in [-0.4, -0.2) is 0 Å². The first-order valence-corrected chi connectivity index (χ1v) is 19.7. The highest BCUT2D eigenvalue weighted by Crippen LogP contribution is 2.42. The minimum absolute atomic E-state index is 1.11. The molecule has 266 valence electrons. The molecule has 11 rings (SSSR count). The van der Waals surface area contributed by atoms with Gasteiger partial charge >= 0.3 is 0 Å². The monoisotopic (exact) mass is 723 g/mol. The van der Waals surface area contributed by atoms with E-state index in [0.29, 0.717) is 0 Å². The summed E-state index contributed by atoms with van der Waals surface area (Å²) >= 11 is 0. The fourth-order valence-electron chi connectivity index (χ4n) is 8.85. The molecular weight excluding hydrogens is 687 g/mol. The van der Waals surface area contributed by atoms with Crippen molar-refractivity contribution < 1.29 is 0 Å². The van der Waals surface area contributed by atoms with E-state index in [1.807, 2.05) is 0 Å². The highest BCUT2D eigenvalue weighted by molar-refractivity contribution is 6.15. The molecule has 0 bridgehead atoms. The summed E-state index contributed by atoms with van der Waals surface area (Å²) in [5.41, 5.74) is 10.7. The number of hydrogen-bond acceptors (Lipinski definition) is 1. The number of nitrogens with zero attached hydrogens (tertiary/aromatic N) is 1. The zero-order valence-corrected chi connectivity index (χ0v) is 31.3. The zero-order chi connectivity index (χ0) is 37.7. The Hall–Kier alpha value is -7.48. The van der Waals surface area contributed by atoms with Crippen LogP contribution in [-0.2, 0) is 0 Å². The van der Waals surface area contributed by atoms with Gasteiger partial charge in [0.2, 0.25) is 0 Å². The van der Waals surface area contributed by atoms with Gasteiger partial charge in [0.05, 0.1) is 5.69 Å². The van der Waals surface area contributed by atoms with Gasteiger partial charge in [-0.1, -0.05) is 182 Å². The minimum atomic E-state index is 1.11. The molecule has 0 aliphatic heterocycles. The largest absolute Gasteiger partial charge is 0.310 e. The maximum atomic E-state index is 2.39. The first kappa shape index (κ1) is 32.9. The fourth-order valence-corrected chi connectivity index (χ4v) is 8.85. The summed E-state index contributed by atoms with van der Waals surface area (Å²) in [4.78, 5) is 2.39. The molecule has 0 atom stereocenters. The van der Waals surface area contributed by atoms with E-state index in [-0.39, 0.29) is 0 Å². The Morgan fingerprint density at radius 3 is 1.09 bits per heavy atom. The Morgan fingerprint density at radius 2 is 0.579 bits per heavy atom. The van der Waals surface area contributed by atoms with Gasteiger partial charge in [0.25, 0.3) is 0 Å². The van der Waals surface area contributed by atoms with Crippen LogP contribution < -0.4 is 4.90 Å². The molecule has 0 N–H and O–H groups in total. The molecule has 0 saturated carbocycles. The molecule has 1 nitrogen and oxygen atoms in total. The van der Waals surface area contributed by atoms with Crippen molar-refractivity contribution in [3.05, 3.63) is 224 Å². The van der Waals surface area contributed by atoms with Crippen molar-refractivity contribution in [2.75, 3.05) is 4.90 Å². The maximum Gasteiger partial charge on any atom is 0.0540 e. The van der Waals surface area contributed by atoms with Crippen LogP contribution in [0.25, 0.3) is 87.2 Å². The smallest absolute Gasteiger partial charge is 0.0540 e. The van der Waals surface area contributed by atoms with Gasteiger partial charge in [-0.15, -0.1) is 0 Å². The number of hydrogen-bond donors (Lipinski definition) is 0. The van der Waals surface area contributed by atoms with E-state index in [9.17, 15) is 0 Å². The molecule has 1 heteroatoms. The van der Waals surface area contributed by atoms with Gasteiger partial charge in [0.1, 0.15) is 0 Å². The van der Waals surface area contributed by atoms with Crippen molar-refractivity contribution in [2.24, 2.45) is 0 Å². The third-order valence-electron chi connectivity index (χ3n) is 11.6. The van der Waals surface area contributed by atoms with Crippen LogP contribution in [0.1, 0.15) is 0 Å². The van der Waals surface area contributed by atoms with Gasteiger partial charge in [-0.3, -0.25) is 0 Å². The average Bonchev–Trinajstić information content (AvgIpc) is 3.29. The highest BCUT2D eigenvalue weighted by Gasteiger charge is 2.17. The molecule has 0 saturated heterocycles. The van der Waals surface area contributed by atoms with Gasteiger partial charge in [-0.25, -0.2) is 0 Å². The van der Waals surface area contributed by atoms with E-state index in [1.54, 1.807) is 0 Å². The number of fused-ring (bicyclic) bond motifs is 7. The van der Waals surface area contributed by atoms with Gasteiger partial charge in [-0.2, -0.15) is 0 Å². The Bertz CT molecular complexity index is 3260. The van der Waals surface area contributed by atoms with E-state index in [2.05, 4.69) is 229 Å². The molecule has 0 radical (unpaired) electrons. The summed E-state index contributed by atoms with van der Waals surface area (Å²) in [7, 11) is 0. The third kappa shape index (κ3) is 5.72. The topological polar surface area (TPSA) is 3.24 Å². The van der Waals surface area contributed by atoms with Crippen LogP contribution in [0.3, 0.4) is 0 Å². The zero-order valence-electron chi connectivity index (χ0n) is 31.3. The van der Waals surface area contributed by atoms with Gasteiger partial charge in [0, 0.05) is 16.8 Å². The Morgan fingerprint density at radius 1 is 0.228 bits per heavy atom. The molecule has 0 unspecified atom stereocenters. The van der Waals surface area contributed by atoms with Crippen molar-refractivity contribution in [3.8, 4) is 33.4 Å². The van der Waals surface area contributed by atoms with Crippen molar-refractivity contribution in [2.45, 2.75) is 0 Å². The lowest BCUT2D eigenvalue weighted by molar-refractivity contribution is 1.30. The van der Waals surface area contributed by atoms with Crippen molar-refractivity contribution in [1.82, 2.24) is 0 Å². The van der Waals surface area contributed by atoms with Gasteiger partial charge in [0.15, 0.2) is 0 Å². The maximum absolute atomic E-state index is 2.39. The van der Waals surface area contributed by atoms with Gasteiger partial charge in [-0.05, 0) is 124 Å². The van der Waals surface area contributed by atoms with Gasteiger partial charge < -0.3 is 4.90 Å². The molecule has 0 fully saturated rings. The quantitative estimate of drug-likeness (QED) is 0.154. The SMILES string of the molecule is c1ccc2c(N(c3ccc(-c4ccc(-c5cc6ccccc6c6ccccc56)cc4)cc3)c3ccc(-c4cc5ccccc5c5ccccc45)cc3)cccc2c1. The summed E-state index contributed by atoms with van der Waals surface area (Å²) in [6, 6.07) is 82.0. The fraction of sp³-hybridized carbons (Fsp3) is 0. The normalized spacial score (nSPS) is 11.5. The molecule has 0 aliphatic rings. The number of anilines is 3. The lowest BCUT2D eigenvalue weighted by atomic mass is 9.92. The van der Waals surface area contributed by atoms with Crippen molar-refractivity contribution in [1.29, 1.82) is 0 Å². The molecule has 11 aromatic carbocycles. The van der Waals surface area contributed by atoms with E-state index >= 15 is 0 Å². The highest BCUT2D eigenvalue weighted by atomic mass is 15.1. The average molecular weight is 724 g/mol. The summed E-state index contributed by atoms with van der Waals surface area (Å²) in [5, 5.41) is 12.6. The van der Waals surface area contributed by atoms with E-state index < -0.39 is 0 Å². The van der Waals surface area contributed by atoms with E-state index in [0.717, 1.165) is 17.1 Å². The lowest BCUT2D eigenvalue weighted by Crippen LogP contribution is -2.10. The first-order valence-electron chi connectivity index (χ1n) is 19.7. The molecular formula is C56H37N. The predicted octanol–water partition coefficient (Wildman–Crippen LogP) is 15.9. The molecule has 0 amide bonds. The Balaban J connectivity index is 0.971. The van der Waals surface area contributed by atoms with E-state index in [1.165, 1.54) is 87.2 Å². The molecule has 0 heterocycles. The molecule has 0 aliphatic carbocycles. The molecule has 11 aromatic rings. The molecule has 57 heavy (non-hydrogen) atoms. The molecule has 0 spiro atoms. The van der Waals surface area contributed by atoms with Crippen molar-refractivity contribution in [3.63, 3.8) is 0 Å². The van der Waals surface area contributed by atoms with Crippen LogP contribution in [0.2, 0.25) is 0 Å². The summed E-state index contributed by atoms with van der Waals surface area (Å²) < 4.78 is 0. The van der Waals surface area contributed by atoms with Crippen LogP contribution in [0, 0.1) is 0 Å². The van der Waals surface area contributed by atoms with E-state index in [4.69, 9.17) is 0 Å². The number of benzene rings is 11. The van der Waals surface area contributed by atoms with Crippen LogP contribution in [0.4, 0.5) is 17.1 Å². The Kier molecular flexibility index (Phi) is 7.89. The summed E-state index contributed by atoms with van der Waals surface area (Å²) in [6.45, 7) is 0. The summed E-state index contributed by atoms with van der Waals surface area (Å²) in [6.07, 6.45) is 0. The third-order valence-corrected chi connectivity index (χ3v) is 11.6. The second-order valence-electron chi connectivity index (χ2n) is 14.9. The summed E-state index contributed by atoms with van der Waals surface area (Å²) in [5.74, 6) is 0. The second-order valence-corrected chi connectivity index (χ2v) is 14.9. The minimum Gasteiger partial charge on any atom is -0.310 e. The lowest BCUT2D eigenvalue weighted by Gasteiger charge is -2.27. The first-order chi connectivity index (χ1) is 28.3. The van der Waals surface area contributed by atoms with Crippen LogP contribution >= 0.6 is 0 Å². The second kappa shape index (κ2) is 13.7. The number of rotatable bonds is 6. The van der Waals surface area contributed by atoms with Crippen LogP contribution in [0.15, 0.2) is 224 Å². The Labute approximate surface area is 332 Å².